The van der Waals surface area contributed by atoms with E-state index in [9.17, 15) is 36.7 Å². The summed E-state index contributed by atoms with van der Waals surface area (Å²) in [7, 11) is -1.05. The maximum Gasteiger partial charge on any atom is 0.352 e. The predicted molar refractivity (Wildman–Crippen MR) is 159 cm³/mol. The Bertz CT molecular complexity index is 1960. The molecule has 0 radical (unpaired) electrons. The molecular weight excluding hydrogens is 612 g/mol. The summed E-state index contributed by atoms with van der Waals surface area (Å²) in [4.78, 5) is 39.2. The summed E-state index contributed by atoms with van der Waals surface area (Å²) >= 11 is 0. The summed E-state index contributed by atoms with van der Waals surface area (Å²) in [5.74, 6) is -5.14. The van der Waals surface area contributed by atoms with E-state index in [0.717, 1.165) is 16.4 Å². The van der Waals surface area contributed by atoms with Crippen molar-refractivity contribution >= 4 is 39.3 Å². The topological polar surface area (TPSA) is 184 Å². The first-order chi connectivity index (χ1) is 21.0. The summed E-state index contributed by atoms with van der Waals surface area (Å²) in [6, 6.07) is 7.60. The van der Waals surface area contributed by atoms with Crippen LogP contribution in [-0.2, 0) is 22.0 Å². The van der Waals surface area contributed by atoms with E-state index in [1.165, 1.54) is 35.0 Å². The van der Waals surface area contributed by atoms with Gasteiger partial charge in [-0.2, -0.15) is 9.40 Å². The van der Waals surface area contributed by atoms with Gasteiger partial charge in [0.25, 0.3) is 5.91 Å². The van der Waals surface area contributed by atoms with Crippen molar-refractivity contribution in [3.63, 3.8) is 0 Å². The highest BCUT2D eigenvalue weighted by molar-refractivity contribution is 7.89. The van der Waals surface area contributed by atoms with Crippen LogP contribution in [0, 0.1) is 11.6 Å². The van der Waals surface area contributed by atoms with Gasteiger partial charge in [-0.25, -0.2) is 22.0 Å². The number of carboxylic acid groups (broad SMARTS) is 1. The molecule has 0 saturated carbocycles. The average molecular weight is 642 g/mol. The van der Waals surface area contributed by atoms with Gasteiger partial charge < -0.3 is 25.6 Å². The van der Waals surface area contributed by atoms with Gasteiger partial charge in [0.2, 0.25) is 15.9 Å². The Hall–Kier alpha value is -5.09. The van der Waals surface area contributed by atoms with Crippen LogP contribution in [0.2, 0.25) is 0 Å². The van der Waals surface area contributed by atoms with Gasteiger partial charge in [-0.3, -0.25) is 14.7 Å². The van der Waals surface area contributed by atoms with E-state index in [0.29, 0.717) is 23.0 Å². The third-order valence-corrected chi connectivity index (χ3v) is 9.26. The Balaban J connectivity index is 1.56. The number of hydrogen-bond acceptors (Lipinski definition) is 7. The molecule has 0 aliphatic carbocycles. The molecule has 45 heavy (non-hydrogen) atoms. The summed E-state index contributed by atoms with van der Waals surface area (Å²) in [5.41, 5.74) is 5.80. The highest BCUT2D eigenvalue weighted by atomic mass is 32.2. The van der Waals surface area contributed by atoms with Gasteiger partial charge in [0.15, 0.2) is 5.82 Å². The van der Waals surface area contributed by atoms with E-state index < -0.39 is 49.8 Å². The number of sulfonamides is 1. The molecule has 5 N–H and O–H groups in total. The predicted octanol–water partition coefficient (Wildman–Crippen LogP) is 3.08. The number of nitrogens with two attached hydrogens (primary N) is 1. The van der Waals surface area contributed by atoms with Crippen LogP contribution in [-0.4, -0.2) is 71.0 Å². The molecule has 0 saturated heterocycles. The number of nitrogens with one attached hydrogen (secondary N) is 2. The molecule has 0 fully saturated rings. The Labute approximate surface area is 256 Å². The Morgan fingerprint density at radius 1 is 1.09 bits per heavy atom. The second kappa shape index (κ2) is 11.1. The number of fused-ring (bicyclic) bond motifs is 1. The SMILES string of the molecule is CN(C)c1cc(C(N)=O)c(C(=O)Nc2n[nH]c3c2CN(S(=O)(=O)c2cc(F)cc(F)c2)CC3(C)C)cc1-n1cccc1C(=O)O. The van der Waals surface area contributed by atoms with Gasteiger partial charge in [-0.05, 0) is 36.4 Å². The van der Waals surface area contributed by atoms with E-state index in [2.05, 4.69) is 15.5 Å². The third-order valence-electron chi connectivity index (χ3n) is 7.49. The molecule has 0 atom stereocenters. The Kier molecular flexibility index (Phi) is 7.74. The number of carbonyl (C=O) groups excluding carboxylic acids is 2. The van der Waals surface area contributed by atoms with Crippen molar-refractivity contribution < 1.29 is 36.7 Å². The summed E-state index contributed by atoms with van der Waals surface area (Å²) in [5, 5.41) is 19.4. The number of benzene rings is 2. The monoisotopic (exact) mass is 641 g/mol. The fourth-order valence-electron chi connectivity index (χ4n) is 5.39. The minimum atomic E-state index is -4.39. The number of rotatable bonds is 8. The van der Waals surface area contributed by atoms with Crippen molar-refractivity contribution in [2.75, 3.05) is 30.9 Å². The first kappa shape index (κ1) is 31.3. The lowest BCUT2D eigenvalue weighted by Crippen LogP contribution is -2.45. The van der Waals surface area contributed by atoms with E-state index >= 15 is 0 Å². The summed E-state index contributed by atoms with van der Waals surface area (Å²) in [6.07, 6.45) is 1.49. The minimum Gasteiger partial charge on any atom is -0.477 e. The first-order valence-electron chi connectivity index (χ1n) is 13.4. The van der Waals surface area contributed by atoms with E-state index in [4.69, 9.17) is 5.73 Å². The van der Waals surface area contributed by atoms with Gasteiger partial charge in [0.05, 0.1) is 27.4 Å². The van der Waals surface area contributed by atoms with Crippen molar-refractivity contribution in [1.82, 2.24) is 19.1 Å². The number of H-pyrrole nitrogens is 1. The molecule has 2 aromatic carbocycles. The van der Waals surface area contributed by atoms with Crippen LogP contribution in [0.1, 0.15) is 56.3 Å². The number of hydrogen-bond donors (Lipinski definition) is 4. The highest BCUT2D eigenvalue weighted by Gasteiger charge is 2.41. The smallest absolute Gasteiger partial charge is 0.352 e. The number of anilines is 2. The lowest BCUT2D eigenvalue weighted by Gasteiger charge is -2.36. The second-order valence-corrected chi connectivity index (χ2v) is 13.3. The molecule has 0 unspecified atom stereocenters. The van der Waals surface area contributed by atoms with E-state index in [1.54, 1.807) is 32.8 Å². The maximum absolute atomic E-state index is 13.9. The zero-order valence-corrected chi connectivity index (χ0v) is 25.4. The molecule has 1 aliphatic heterocycles. The van der Waals surface area contributed by atoms with Crippen molar-refractivity contribution in [1.29, 1.82) is 0 Å². The van der Waals surface area contributed by atoms with Crippen molar-refractivity contribution in [2.45, 2.75) is 30.7 Å². The molecule has 0 spiro atoms. The summed E-state index contributed by atoms with van der Waals surface area (Å²) < 4.78 is 57.2. The number of aromatic amines is 1. The molecule has 2 amide bonds. The molecule has 5 rings (SSSR count). The maximum atomic E-state index is 13.9. The highest BCUT2D eigenvalue weighted by Crippen LogP contribution is 2.38. The number of amides is 2. The van der Waals surface area contributed by atoms with Crippen LogP contribution in [0.4, 0.5) is 20.3 Å². The van der Waals surface area contributed by atoms with Gasteiger partial charge in [0, 0.05) is 56.1 Å². The van der Waals surface area contributed by atoms with Crippen LogP contribution < -0.4 is 16.0 Å². The molecular formula is C29H29F2N7O6S. The van der Waals surface area contributed by atoms with Gasteiger partial charge in [-0.1, -0.05) is 13.8 Å². The second-order valence-electron chi connectivity index (χ2n) is 11.4. The largest absolute Gasteiger partial charge is 0.477 e. The third kappa shape index (κ3) is 5.64. The quantitative estimate of drug-likeness (QED) is 0.226. The zero-order valence-electron chi connectivity index (χ0n) is 24.6. The molecule has 0 bridgehead atoms. The van der Waals surface area contributed by atoms with Gasteiger partial charge in [0.1, 0.15) is 17.3 Å². The van der Waals surface area contributed by atoms with E-state index in [1.807, 2.05) is 0 Å². The van der Waals surface area contributed by atoms with Crippen LogP contribution >= 0.6 is 0 Å². The fourth-order valence-corrected chi connectivity index (χ4v) is 7.00. The van der Waals surface area contributed by atoms with Crippen LogP contribution in [0.25, 0.3) is 5.69 Å². The van der Waals surface area contributed by atoms with Crippen LogP contribution in [0.5, 0.6) is 0 Å². The lowest BCUT2D eigenvalue weighted by atomic mass is 9.84. The fraction of sp³-hybridized carbons (Fsp3) is 0.241. The first-order valence-corrected chi connectivity index (χ1v) is 14.9. The summed E-state index contributed by atoms with van der Waals surface area (Å²) in [6.45, 7) is 3.10. The van der Waals surface area contributed by atoms with Crippen molar-refractivity contribution in [3.8, 4) is 5.69 Å². The molecule has 4 aromatic rings. The minimum absolute atomic E-state index is 0.0470. The number of carbonyl (C=O) groups is 3. The Morgan fingerprint density at radius 2 is 1.76 bits per heavy atom. The Morgan fingerprint density at radius 3 is 2.36 bits per heavy atom. The zero-order chi connectivity index (χ0) is 33.0. The average Bonchev–Trinajstić information content (AvgIpc) is 3.59. The molecule has 16 heteroatoms. The molecule has 2 aromatic heterocycles. The number of halogens is 2. The molecule has 3 heterocycles. The lowest BCUT2D eigenvalue weighted by molar-refractivity contribution is 0.0687. The van der Waals surface area contributed by atoms with Crippen LogP contribution in [0.3, 0.4) is 0 Å². The van der Waals surface area contributed by atoms with Crippen LogP contribution in [0.15, 0.2) is 53.6 Å². The molecule has 13 nitrogen and oxygen atoms in total. The molecule has 1 aliphatic rings. The normalized spacial score (nSPS) is 14.5. The van der Waals surface area contributed by atoms with Gasteiger partial charge >= 0.3 is 5.97 Å². The van der Waals surface area contributed by atoms with Crippen molar-refractivity contribution in [2.24, 2.45) is 5.73 Å². The van der Waals surface area contributed by atoms with Crippen molar-refractivity contribution in [3.05, 3.63) is 88.4 Å². The standard InChI is InChI=1S/C29H29F2N7O6S/c1-29(2)14-37(45(43,44)17-9-15(30)8-16(31)10-17)13-20-24(29)34-35-26(20)33-27(40)19-12-23(38-7-5-6-21(38)28(41)42)22(36(3)4)11-18(19)25(32)39/h5-12H,13-14H2,1-4H3,(H2,32,39)(H,41,42)(H2,33,34,35,40). The number of aromatic carboxylic acids is 1. The molecule has 236 valence electrons. The number of carboxylic acids is 1. The number of primary amides is 1. The van der Waals surface area contributed by atoms with Gasteiger partial charge in [-0.15, -0.1) is 0 Å². The van der Waals surface area contributed by atoms with E-state index in [-0.39, 0.29) is 41.4 Å². The number of aromatic nitrogens is 3. The number of nitrogens with zero attached hydrogens (tertiary/aromatic N) is 4.